The lowest BCUT2D eigenvalue weighted by Crippen LogP contribution is -2.52. The molecule has 0 bridgehead atoms. The molecule has 128 valence electrons. The number of rotatable bonds is 5. The minimum absolute atomic E-state index is 0.224. The summed E-state index contributed by atoms with van der Waals surface area (Å²) in [5, 5.41) is 10.4. The Morgan fingerprint density at radius 3 is 2.61 bits per heavy atom. The van der Waals surface area contributed by atoms with Gasteiger partial charge in [0.1, 0.15) is 24.1 Å². The van der Waals surface area contributed by atoms with Crippen molar-refractivity contribution in [3.05, 3.63) is 29.8 Å². The molecular weight excluding hydrogens is 304 g/mol. The number of hydrogen-bond acceptors (Lipinski definition) is 7. The van der Waals surface area contributed by atoms with Crippen LogP contribution in [0, 0.1) is 0 Å². The van der Waals surface area contributed by atoms with E-state index in [1.54, 1.807) is 14.0 Å². The van der Waals surface area contributed by atoms with Crippen LogP contribution in [0.3, 0.4) is 0 Å². The number of methoxy groups -OCH3 is 2. The molecule has 1 aromatic rings. The monoisotopic (exact) mass is 326 g/mol. The summed E-state index contributed by atoms with van der Waals surface area (Å²) >= 11 is 0. The van der Waals surface area contributed by atoms with Crippen molar-refractivity contribution in [3.8, 4) is 5.75 Å². The summed E-state index contributed by atoms with van der Waals surface area (Å²) in [6.45, 7) is 2.21. The molecule has 2 fully saturated rings. The van der Waals surface area contributed by atoms with Gasteiger partial charge in [0, 0.05) is 14.0 Å². The standard InChI is InChI=1S/C16H22O7/c1-16(19-3)22-14-13(17)12(9-21-15(14)23-16)20-8-10-4-6-11(18-2)7-5-10/h4-7,12-15,17H,8-9H2,1-3H3/t12-,13-,14+,15+,16?/m0/s1. The molecule has 0 aromatic heterocycles. The van der Waals surface area contributed by atoms with Gasteiger partial charge < -0.3 is 28.8 Å². The molecule has 5 atom stereocenters. The molecule has 2 saturated heterocycles. The second-order valence-electron chi connectivity index (χ2n) is 5.66. The van der Waals surface area contributed by atoms with Gasteiger partial charge in [0.25, 0.3) is 5.97 Å². The van der Waals surface area contributed by atoms with Crippen molar-refractivity contribution >= 4 is 0 Å². The fraction of sp³-hybridized carbons (Fsp3) is 0.625. The van der Waals surface area contributed by atoms with Crippen LogP contribution in [0.5, 0.6) is 5.75 Å². The highest BCUT2D eigenvalue weighted by molar-refractivity contribution is 5.26. The predicted molar refractivity (Wildman–Crippen MR) is 78.7 cm³/mol. The number of benzene rings is 1. The van der Waals surface area contributed by atoms with Crippen LogP contribution < -0.4 is 4.74 Å². The van der Waals surface area contributed by atoms with Crippen LogP contribution in [0.15, 0.2) is 24.3 Å². The van der Waals surface area contributed by atoms with Gasteiger partial charge in [-0.2, -0.15) is 0 Å². The normalized spacial score (nSPS) is 36.7. The summed E-state index contributed by atoms with van der Waals surface area (Å²) in [6, 6.07) is 7.55. The predicted octanol–water partition coefficient (Wildman–Crippen LogP) is 1.03. The van der Waals surface area contributed by atoms with Crippen LogP contribution in [-0.2, 0) is 30.3 Å². The molecule has 7 nitrogen and oxygen atoms in total. The zero-order valence-corrected chi connectivity index (χ0v) is 13.4. The van der Waals surface area contributed by atoms with Crippen molar-refractivity contribution in [2.24, 2.45) is 0 Å². The van der Waals surface area contributed by atoms with Crippen molar-refractivity contribution in [3.63, 3.8) is 0 Å². The van der Waals surface area contributed by atoms with E-state index >= 15 is 0 Å². The molecule has 0 amide bonds. The first kappa shape index (κ1) is 16.6. The highest BCUT2D eigenvalue weighted by Gasteiger charge is 2.53. The van der Waals surface area contributed by atoms with Gasteiger partial charge in [-0.15, -0.1) is 0 Å². The van der Waals surface area contributed by atoms with Crippen molar-refractivity contribution in [1.82, 2.24) is 0 Å². The van der Waals surface area contributed by atoms with Gasteiger partial charge in [-0.05, 0) is 17.7 Å². The Bertz CT molecular complexity index is 520. The van der Waals surface area contributed by atoms with Crippen molar-refractivity contribution in [1.29, 1.82) is 0 Å². The van der Waals surface area contributed by atoms with E-state index in [1.807, 2.05) is 24.3 Å². The molecule has 1 unspecified atom stereocenters. The summed E-state index contributed by atoms with van der Waals surface area (Å²) < 4.78 is 32.7. The van der Waals surface area contributed by atoms with Gasteiger partial charge in [-0.1, -0.05) is 12.1 Å². The first-order valence-corrected chi connectivity index (χ1v) is 7.49. The van der Waals surface area contributed by atoms with E-state index in [-0.39, 0.29) is 6.61 Å². The third-order valence-corrected chi connectivity index (χ3v) is 4.08. The minimum atomic E-state index is -1.21. The zero-order valence-electron chi connectivity index (χ0n) is 13.4. The number of fused-ring (bicyclic) bond motifs is 1. The Kier molecular flexibility index (Phi) is 4.86. The molecule has 0 saturated carbocycles. The minimum Gasteiger partial charge on any atom is -0.497 e. The van der Waals surface area contributed by atoms with Crippen molar-refractivity contribution in [2.75, 3.05) is 20.8 Å². The Hall–Kier alpha value is -1.22. The molecule has 7 heteroatoms. The quantitative estimate of drug-likeness (QED) is 0.866. The van der Waals surface area contributed by atoms with E-state index < -0.39 is 30.6 Å². The molecule has 2 aliphatic heterocycles. The Labute approximate surface area is 135 Å². The SMILES string of the molecule is COc1ccc(CO[C@H]2CO[C@@H]3OC(C)(OC)O[C@@H]3[C@H]2O)cc1. The maximum absolute atomic E-state index is 10.4. The maximum atomic E-state index is 10.4. The van der Waals surface area contributed by atoms with Gasteiger partial charge in [0.2, 0.25) is 0 Å². The summed E-state index contributed by atoms with van der Waals surface area (Å²) in [6.07, 6.45) is -2.66. The second-order valence-corrected chi connectivity index (χ2v) is 5.66. The van der Waals surface area contributed by atoms with Gasteiger partial charge in [0.15, 0.2) is 6.29 Å². The first-order chi connectivity index (χ1) is 11.0. The number of aliphatic hydroxyl groups is 1. The van der Waals surface area contributed by atoms with E-state index in [0.717, 1.165) is 11.3 Å². The molecule has 3 rings (SSSR count). The maximum Gasteiger partial charge on any atom is 0.282 e. The average Bonchev–Trinajstić information content (AvgIpc) is 2.93. The Balaban J connectivity index is 1.57. The van der Waals surface area contributed by atoms with Crippen molar-refractivity contribution < 1.29 is 33.5 Å². The highest BCUT2D eigenvalue weighted by Crippen LogP contribution is 2.35. The number of aliphatic hydroxyl groups excluding tert-OH is 1. The molecule has 0 aliphatic carbocycles. The largest absolute Gasteiger partial charge is 0.497 e. The van der Waals surface area contributed by atoms with Crippen LogP contribution in [-0.4, -0.2) is 56.5 Å². The van der Waals surface area contributed by atoms with Crippen molar-refractivity contribution in [2.45, 2.75) is 44.1 Å². The molecule has 1 N–H and O–H groups in total. The van der Waals surface area contributed by atoms with Gasteiger partial charge in [0.05, 0.1) is 20.3 Å². The van der Waals surface area contributed by atoms with E-state index in [9.17, 15) is 5.11 Å². The van der Waals surface area contributed by atoms with Crippen LogP contribution in [0.4, 0.5) is 0 Å². The summed E-state index contributed by atoms with van der Waals surface area (Å²) in [7, 11) is 3.09. The molecule has 2 heterocycles. The van der Waals surface area contributed by atoms with Crippen LogP contribution in [0.2, 0.25) is 0 Å². The lowest BCUT2D eigenvalue weighted by molar-refractivity contribution is -0.331. The molecular formula is C16H22O7. The topological polar surface area (TPSA) is 75.6 Å². The van der Waals surface area contributed by atoms with Crippen LogP contribution in [0.25, 0.3) is 0 Å². The molecule has 23 heavy (non-hydrogen) atoms. The zero-order chi connectivity index (χ0) is 16.4. The van der Waals surface area contributed by atoms with E-state index in [1.165, 1.54) is 7.11 Å². The van der Waals surface area contributed by atoms with Crippen LogP contribution in [0.1, 0.15) is 12.5 Å². The summed E-state index contributed by atoms with van der Waals surface area (Å²) in [5.74, 6) is -0.422. The molecule has 1 aromatic carbocycles. The smallest absolute Gasteiger partial charge is 0.282 e. The molecule has 0 spiro atoms. The summed E-state index contributed by atoms with van der Waals surface area (Å²) in [5.41, 5.74) is 0.977. The van der Waals surface area contributed by atoms with E-state index in [4.69, 9.17) is 28.4 Å². The third-order valence-electron chi connectivity index (χ3n) is 4.08. The van der Waals surface area contributed by atoms with Gasteiger partial charge in [-0.25, -0.2) is 0 Å². The van der Waals surface area contributed by atoms with Gasteiger partial charge >= 0.3 is 0 Å². The Morgan fingerprint density at radius 1 is 1.22 bits per heavy atom. The fourth-order valence-corrected chi connectivity index (χ4v) is 2.64. The molecule has 0 radical (unpaired) electrons. The lowest BCUT2D eigenvalue weighted by Gasteiger charge is -2.34. The Morgan fingerprint density at radius 2 is 1.96 bits per heavy atom. The highest BCUT2D eigenvalue weighted by atomic mass is 16.9. The third kappa shape index (κ3) is 3.50. The van der Waals surface area contributed by atoms with Crippen LogP contribution >= 0.6 is 0 Å². The first-order valence-electron chi connectivity index (χ1n) is 7.49. The summed E-state index contributed by atoms with van der Waals surface area (Å²) in [4.78, 5) is 0. The van der Waals surface area contributed by atoms with E-state index in [0.29, 0.717) is 6.61 Å². The van der Waals surface area contributed by atoms with Gasteiger partial charge in [-0.3, -0.25) is 4.74 Å². The second kappa shape index (κ2) is 6.72. The lowest BCUT2D eigenvalue weighted by atomic mass is 10.1. The number of ether oxygens (including phenoxy) is 6. The number of hydrogen-bond donors (Lipinski definition) is 1. The van der Waals surface area contributed by atoms with E-state index in [2.05, 4.69) is 0 Å². The average molecular weight is 326 g/mol. The fourth-order valence-electron chi connectivity index (χ4n) is 2.64. The molecule has 2 aliphatic rings.